The fraction of sp³-hybridized carbons (Fsp3) is 0.435. The standard InChI is InChI=1S/C23H15BF18NO2/c1-3-43(4-2)17(44)45-24(15-11(20(31,32)33)5-9(18(25,26)27)6-12(15)21(34,35)36)16-13(22(37,38)39)7-10(19(28,29)30)8-14(16)23(40,41)42/h5-8,24H,3-4H2,1-2H3/q-1. The highest BCUT2D eigenvalue weighted by Gasteiger charge is 2.49. The first-order valence-electron chi connectivity index (χ1n) is 11.9. The third-order valence-electron chi connectivity index (χ3n) is 6.31. The second-order valence-corrected chi connectivity index (χ2v) is 9.13. The second-order valence-electron chi connectivity index (χ2n) is 9.13. The summed E-state index contributed by atoms with van der Waals surface area (Å²) in [6.45, 7) is -4.47. The maximum Gasteiger partial charge on any atom is 0.416 e. The van der Waals surface area contributed by atoms with Crippen LogP contribution in [0, 0.1) is 0 Å². The van der Waals surface area contributed by atoms with Gasteiger partial charge in [-0.2, -0.15) is 79.0 Å². The average molecular weight is 690 g/mol. The van der Waals surface area contributed by atoms with Gasteiger partial charge in [0.15, 0.2) is 0 Å². The van der Waals surface area contributed by atoms with Crippen LogP contribution in [-0.2, 0) is 41.7 Å². The first-order valence-corrected chi connectivity index (χ1v) is 11.9. The van der Waals surface area contributed by atoms with Gasteiger partial charge < -0.3 is 9.55 Å². The summed E-state index contributed by atoms with van der Waals surface area (Å²) in [5, 5.41) is 0. The maximum absolute atomic E-state index is 14.1. The van der Waals surface area contributed by atoms with Crippen LogP contribution >= 0.6 is 0 Å². The SMILES string of the molecule is CCN(CC)C(=O)O[BH-](c1c(C(F)(F)F)cc(C(F)(F)F)cc1C(F)(F)F)c1c(C(F)(F)F)cc(C(F)(F)F)cc1C(F)(F)F. The van der Waals surface area contributed by atoms with E-state index in [0.29, 0.717) is 4.90 Å². The van der Waals surface area contributed by atoms with E-state index >= 15 is 0 Å². The quantitative estimate of drug-likeness (QED) is 0.235. The van der Waals surface area contributed by atoms with Gasteiger partial charge in [0, 0.05) is 35.3 Å². The number of carbonyl (C=O) groups excluding carboxylic acids is 1. The molecule has 22 heteroatoms. The number of amides is 1. The molecule has 0 radical (unpaired) electrons. The molecular weight excluding hydrogens is 675 g/mol. The Kier molecular flexibility index (Phi) is 10.1. The molecule has 0 heterocycles. The average Bonchev–Trinajstić information content (AvgIpc) is 2.83. The molecule has 0 fully saturated rings. The molecule has 0 aliphatic heterocycles. The molecule has 0 aliphatic rings. The summed E-state index contributed by atoms with van der Waals surface area (Å²) >= 11 is 0. The van der Waals surface area contributed by atoms with Gasteiger partial charge in [-0.1, -0.05) is 0 Å². The highest BCUT2D eigenvalue weighted by Crippen LogP contribution is 2.43. The number of benzene rings is 2. The molecule has 0 aromatic heterocycles. The van der Waals surface area contributed by atoms with Crippen LogP contribution in [0.2, 0.25) is 0 Å². The molecule has 45 heavy (non-hydrogen) atoms. The van der Waals surface area contributed by atoms with E-state index in [9.17, 15) is 83.8 Å². The third kappa shape index (κ3) is 8.41. The molecule has 0 N–H and O–H groups in total. The number of nitrogens with zero attached hydrogens (tertiary/aromatic N) is 1. The van der Waals surface area contributed by atoms with E-state index in [2.05, 4.69) is 4.65 Å². The van der Waals surface area contributed by atoms with Crippen molar-refractivity contribution in [2.75, 3.05) is 13.1 Å². The van der Waals surface area contributed by atoms with E-state index in [1.165, 1.54) is 0 Å². The van der Waals surface area contributed by atoms with E-state index in [4.69, 9.17) is 0 Å². The molecule has 0 atom stereocenters. The second kappa shape index (κ2) is 12.0. The summed E-state index contributed by atoms with van der Waals surface area (Å²) < 4.78 is 254. The van der Waals surface area contributed by atoms with Crippen molar-refractivity contribution in [3.63, 3.8) is 0 Å². The lowest BCUT2D eigenvalue weighted by atomic mass is 9.50. The molecule has 2 rings (SSSR count). The Labute approximate surface area is 239 Å². The summed E-state index contributed by atoms with van der Waals surface area (Å²) in [5.74, 6) is 0. The first kappa shape index (κ1) is 37.7. The number of alkyl halides is 18. The number of halogens is 18. The molecule has 2 aromatic carbocycles. The Morgan fingerprint density at radius 3 is 0.956 bits per heavy atom. The van der Waals surface area contributed by atoms with E-state index in [0.717, 1.165) is 13.8 Å². The maximum atomic E-state index is 14.1. The smallest absolute Gasteiger partial charge is 0.416 e. The van der Waals surface area contributed by atoms with Crippen LogP contribution in [0.3, 0.4) is 0 Å². The molecule has 2 aromatic rings. The summed E-state index contributed by atoms with van der Waals surface area (Å²) in [6.07, 6.45) is -39.8. The Morgan fingerprint density at radius 2 is 0.778 bits per heavy atom. The summed E-state index contributed by atoms with van der Waals surface area (Å²) in [5.41, 5.74) is -23.5. The first-order chi connectivity index (χ1) is 20.0. The number of carbonyl (C=O) groups is 1. The largest absolute Gasteiger partial charge is 0.666 e. The van der Waals surface area contributed by atoms with Crippen molar-refractivity contribution in [3.05, 3.63) is 57.6 Å². The van der Waals surface area contributed by atoms with Gasteiger partial charge in [-0.15, -0.1) is 10.9 Å². The zero-order valence-electron chi connectivity index (χ0n) is 22.0. The van der Waals surface area contributed by atoms with Crippen molar-refractivity contribution in [2.45, 2.75) is 50.9 Å². The lowest BCUT2D eigenvalue weighted by Gasteiger charge is -2.38. The molecule has 0 saturated carbocycles. The Morgan fingerprint density at radius 1 is 0.533 bits per heavy atom. The summed E-state index contributed by atoms with van der Waals surface area (Å²) in [4.78, 5) is 13.0. The predicted molar refractivity (Wildman–Crippen MR) is 119 cm³/mol. The van der Waals surface area contributed by atoms with Gasteiger partial charge >= 0.3 is 43.2 Å². The summed E-state index contributed by atoms with van der Waals surface area (Å²) in [6, 6.07) is -4.28. The van der Waals surface area contributed by atoms with Gasteiger partial charge in [-0.3, -0.25) is 0 Å². The van der Waals surface area contributed by atoms with Crippen LogP contribution in [0.5, 0.6) is 0 Å². The van der Waals surface area contributed by atoms with E-state index in [1.807, 2.05) is 0 Å². The van der Waals surface area contributed by atoms with Gasteiger partial charge in [0.2, 0.25) is 6.92 Å². The van der Waals surface area contributed by atoms with Gasteiger partial charge in [-0.05, 0) is 38.1 Å². The Hall–Kier alpha value is -3.49. The Balaban J connectivity index is 3.43. The van der Waals surface area contributed by atoms with E-state index < -0.39 is 132 Å². The van der Waals surface area contributed by atoms with Crippen molar-refractivity contribution in [1.82, 2.24) is 4.90 Å². The van der Waals surface area contributed by atoms with Gasteiger partial charge in [-0.25, -0.2) is 4.79 Å². The van der Waals surface area contributed by atoms with E-state index in [-0.39, 0.29) is 0 Å². The molecule has 0 bridgehead atoms. The highest BCUT2D eigenvalue weighted by atomic mass is 19.4. The zero-order valence-corrected chi connectivity index (χ0v) is 22.0. The van der Waals surface area contributed by atoms with Crippen molar-refractivity contribution in [3.8, 4) is 0 Å². The lowest BCUT2D eigenvalue weighted by molar-refractivity contribution is -0.149. The van der Waals surface area contributed by atoms with Crippen LogP contribution in [-0.4, -0.2) is 31.0 Å². The van der Waals surface area contributed by atoms with Crippen molar-refractivity contribution >= 4 is 23.9 Å². The van der Waals surface area contributed by atoms with Crippen LogP contribution < -0.4 is 10.9 Å². The number of hydrogen-bond donors (Lipinski definition) is 0. The minimum Gasteiger partial charge on any atom is -0.666 e. The molecule has 254 valence electrons. The molecule has 0 unspecified atom stereocenters. The van der Waals surface area contributed by atoms with E-state index in [1.54, 1.807) is 0 Å². The number of hydrogen-bond acceptors (Lipinski definition) is 2. The minimum absolute atomic E-state index is 0.342. The molecule has 0 aliphatic carbocycles. The number of rotatable bonds is 5. The summed E-state index contributed by atoms with van der Waals surface area (Å²) in [7, 11) is 0. The molecule has 0 saturated heterocycles. The Bertz CT molecular complexity index is 1230. The lowest BCUT2D eigenvalue weighted by Crippen LogP contribution is -2.57. The molecular formula is C23H15BF18NO2-. The normalized spacial score (nSPS) is 13.8. The fourth-order valence-corrected chi connectivity index (χ4v) is 4.39. The predicted octanol–water partition coefficient (Wildman–Crippen LogP) is 8.12. The highest BCUT2D eigenvalue weighted by molar-refractivity contribution is 6.82. The van der Waals surface area contributed by atoms with Crippen LogP contribution in [0.25, 0.3) is 0 Å². The van der Waals surface area contributed by atoms with Crippen LogP contribution in [0.1, 0.15) is 47.2 Å². The van der Waals surface area contributed by atoms with Crippen LogP contribution in [0.4, 0.5) is 83.8 Å². The minimum atomic E-state index is -6.41. The van der Waals surface area contributed by atoms with Gasteiger partial charge in [0.05, 0.1) is 11.1 Å². The molecule has 0 spiro atoms. The topological polar surface area (TPSA) is 29.5 Å². The fourth-order valence-electron chi connectivity index (χ4n) is 4.39. The van der Waals surface area contributed by atoms with Gasteiger partial charge in [0.25, 0.3) is 0 Å². The van der Waals surface area contributed by atoms with Crippen molar-refractivity contribution in [1.29, 1.82) is 0 Å². The van der Waals surface area contributed by atoms with Crippen molar-refractivity contribution in [2.24, 2.45) is 0 Å². The van der Waals surface area contributed by atoms with Crippen LogP contribution in [0.15, 0.2) is 24.3 Å². The monoisotopic (exact) mass is 690 g/mol. The zero-order chi connectivity index (χ0) is 35.3. The molecule has 3 nitrogen and oxygen atoms in total. The molecule has 1 amide bonds. The van der Waals surface area contributed by atoms with Crippen molar-refractivity contribution < 1.29 is 88.5 Å². The third-order valence-corrected chi connectivity index (χ3v) is 6.31. The van der Waals surface area contributed by atoms with Gasteiger partial charge in [0.1, 0.15) is 0 Å².